The summed E-state index contributed by atoms with van der Waals surface area (Å²) in [5, 5.41) is 103. The third-order valence-electron chi connectivity index (χ3n) is 3.20. The summed E-state index contributed by atoms with van der Waals surface area (Å²) in [6.45, 7) is -0.323. The average Bonchev–Trinajstić information content (AvgIpc) is 2.75. The zero-order valence-corrected chi connectivity index (χ0v) is 28.1. The number of aliphatic hydroxyl groups excluding tert-OH is 11. The minimum Gasteiger partial charge on any atom is -1.00 e. The predicted molar refractivity (Wildman–Crippen MR) is 119 cm³/mol. The van der Waals surface area contributed by atoms with Gasteiger partial charge in [0.1, 0.15) is 54.9 Å². The molecule has 200 valence electrons. The quantitative estimate of drug-likeness (QED) is 0.0771. The second-order valence-corrected chi connectivity index (χ2v) is 5.73. The van der Waals surface area contributed by atoms with Gasteiger partial charge >= 0.3 is 126 Å². The number of halogens is 1. The van der Waals surface area contributed by atoms with Gasteiger partial charge in [0.15, 0.2) is 12.6 Å². The average molecular weight is 603 g/mol. The number of aldehydes is 2. The fourth-order valence-electron chi connectivity index (χ4n) is 1.24. The number of carbonyl (C=O) groups excluding carboxylic acids is 2. The van der Waals surface area contributed by atoms with Crippen molar-refractivity contribution in [2.45, 2.75) is 61.9 Å². The Balaban J connectivity index is -0.0000000203. The van der Waals surface area contributed by atoms with Crippen molar-refractivity contribution in [1.29, 1.82) is 0 Å². The number of carboxylic acids is 1. The van der Waals surface area contributed by atoms with Crippen LogP contribution in [0.25, 0.3) is 0 Å². The maximum atomic E-state index is 9.90. The first-order chi connectivity index (χ1) is 13.7. The van der Waals surface area contributed by atoms with E-state index in [4.69, 9.17) is 61.3 Å². The van der Waals surface area contributed by atoms with Gasteiger partial charge in [-0.05, 0) is 6.92 Å². The van der Waals surface area contributed by atoms with Crippen LogP contribution in [0.1, 0.15) is 15.5 Å². The van der Waals surface area contributed by atoms with Crippen molar-refractivity contribution in [3.8, 4) is 0 Å². The first kappa shape index (κ1) is 57.6. The minimum absolute atomic E-state index is 0. The first-order valence-corrected chi connectivity index (χ1v) is 8.20. The van der Waals surface area contributed by atoms with Crippen molar-refractivity contribution in [3.05, 3.63) is 0 Å². The van der Waals surface area contributed by atoms with Gasteiger partial charge in [0, 0.05) is 0 Å². The van der Waals surface area contributed by atoms with Crippen molar-refractivity contribution in [2.24, 2.45) is 0 Å². The molecular formula is C15H37CaClMgNa2O15. The molecule has 0 amide bonds. The van der Waals surface area contributed by atoms with Crippen LogP contribution < -0.4 is 59.1 Å². The van der Waals surface area contributed by atoms with Crippen LogP contribution in [-0.2, 0) is 14.4 Å². The van der Waals surface area contributed by atoms with Crippen LogP contribution in [0.15, 0.2) is 0 Å². The van der Waals surface area contributed by atoms with Crippen molar-refractivity contribution >= 4 is 91.7 Å². The molecule has 15 nitrogen and oxygen atoms in total. The summed E-state index contributed by atoms with van der Waals surface area (Å²) in [7, 11) is 0. The molecule has 0 saturated heterocycles. The molecule has 0 aliphatic carbocycles. The van der Waals surface area contributed by atoms with Crippen LogP contribution in [0.2, 0.25) is 0 Å². The smallest absolute Gasteiger partial charge is 1.00 e. The molecule has 0 radical (unpaired) electrons. The summed E-state index contributed by atoms with van der Waals surface area (Å²) < 4.78 is 0. The Morgan fingerprint density at radius 3 is 1.03 bits per heavy atom. The third-order valence-corrected chi connectivity index (χ3v) is 3.20. The Bertz CT molecular complexity index is 482. The van der Waals surface area contributed by atoms with Crippen molar-refractivity contribution in [2.75, 3.05) is 13.2 Å². The number of rotatable bonds is 11. The largest absolute Gasteiger partial charge is 2.00 e. The van der Waals surface area contributed by atoms with E-state index in [2.05, 4.69) is 0 Å². The van der Waals surface area contributed by atoms with E-state index in [1.54, 1.807) is 0 Å². The van der Waals surface area contributed by atoms with Gasteiger partial charge in [-0.1, -0.05) is 0 Å². The zero-order valence-electron chi connectivity index (χ0n) is 25.7. The van der Waals surface area contributed by atoms with Crippen LogP contribution in [0.5, 0.6) is 0 Å². The molecule has 35 heavy (non-hydrogen) atoms. The topological polar surface area (TPSA) is 294 Å². The van der Waals surface area contributed by atoms with E-state index in [1.807, 2.05) is 0 Å². The number of carbonyl (C=O) groups is 3. The van der Waals surface area contributed by atoms with Crippen LogP contribution in [0.4, 0.5) is 0 Å². The molecule has 0 bridgehead atoms. The normalized spacial score (nSPS) is 16.8. The fraction of sp³-hybridized carbons (Fsp3) is 0.800. The van der Waals surface area contributed by atoms with E-state index in [0.29, 0.717) is 0 Å². The third kappa shape index (κ3) is 29.5. The Labute approximate surface area is 306 Å². The summed E-state index contributed by atoms with van der Waals surface area (Å²) in [5.41, 5.74) is 0. The SMILES string of the molecule is CC(O)C(=O)O.Cl.O=C[C@H](O)[C@@H](O)[C@H](O)[C@H](O)CO.O=C[C@H](O)[C@@H](O)[C@H](O)[C@H](O)CO.[Ca+2].[H-].[H-].[H-].[H-].[H-].[H-].[Mg+2].[Na+].[Na+]. The maximum Gasteiger partial charge on any atom is 2.00 e. The fourth-order valence-corrected chi connectivity index (χ4v) is 1.24. The van der Waals surface area contributed by atoms with Crippen LogP contribution >= 0.6 is 12.4 Å². The molecule has 0 aliphatic rings. The summed E-state index contributed by atoms with van der Waals surface area (Å²) in [6.07, 6.45) is -14.9. The van der Waals surface area contributed by atoms with E-state index in [0.717, 1.165) is 0 Å². The van der Waals surface area contributed by atoms with Crippen molar-refractivity contribution < 1.29 is 143 Å². The van der Waals surface area contributed by atoms with Crippen LogP contribution in [0, 0.1) is 0 Å². The van der Waals surface area contributed by atoms with Gasteiger partial charge in [-0.3, -0.25) is 0 Å². The molecule has 1 unspecified atom stereocenters. The molecular weight excluding hydrogens is 566 g/mol. The van der Waals surface area contributed by atoms with Crippen LogP contribution in [-0.4, -0.2) is 209 Å². The summed E-state index contributed by atoms with van der Waals surface area (Å²) in [5.74, 6) is -1.19. The van der Waals surface area contributed by atoms with E-state index >= 15 is 0 Å². The Morgan fingerprint density at radius 1 is 0.714 bits per heavy atom. The van der Waals surface area contributed by atoms with Crippen molar-refractivity contribution in [1.82, 2.24) is 0 Å². The molecule has 0 heterocycles. The second kappa shape index (κ2) is 34.7. The van der Waals surface area contributed by atoms with Gasteiger partial charge in [0.2, 0.25) is 0 Å². The molecule has 0 fully saturated rings. The van der Waals surface area contributed by atoms with Gasteiger partial charge in [0.05, 0.1) is 13.2 Å². The molecule has 12 N–H and O–H groups in total. The van der Waals surface area contributed by atoms with Gasteiger partial charge in [0.25, 0.3) is 0 Å². The molecule has 9 atom stereocenters. The zero-order chi connectivity index (χ0) is 24.6. The Morgan fingerprint density at radius 2 is 0.914 bits per heavy atom. The van der Waals surface area contributed by atoms with E-state index in [9.17, 15) is 14.4 Å². The Kier molecular flexibility index (Phi) is 57.1. The molecule has 0 aromatic heterocycles. The van der Waals surface area contributed by atoms with Gasteiger partial charge in [-0.2, -0.15) is 0 Å². The number of hydrogen-bond donors (Lipinski definition) is 12. The minimum atomic E-state index is -1.79. The van der Waals surface area contributed by atoms with Gasteiger partial charge in [-0.15, -0.1) is 12.4 Å². The molecule has 0 rings (SSSR count). The van der Waals surface area contributed by atoms with Crippen LogP contribution in [0.3, 0.4) is 0 Å². The molecule has 0 aliphatic heterocycles. The van der Waals surface area contributed by atoms with E-state index in [1.165, 1.54) is 6.92 Å². The Hall–Kier alpha value is 2.69. The van der Waals surface area contributed by atoms with Crippen molar-refractivity contribution in [3.63, 3.8) is 0 Å². The summed E-state index contributed by atoms with van der Waals surface area (Å²) in [6, 6.07) is 0. The molecule has 20 heteroatoms. The monoisotopic (exact) mass is 602 g/mol. The first-order valence-electron chi connectivity index (χ1n) is 8.20. The van der Waals surface area contributed by atoms with Gasteiger partial charge in [-0.25, -0.2) is 4.79 Å². The standard InChI is InChI=1S/2C6H12O6.C3H6O3.Ca.ClH.Mg.2Na.6H/c2*7-1-3(9)5(11)6(12)4(10)2-8;1-2(4)3(5)6;;;;;;;;;;;/h2*1,3-6,8-12H,2H2;2,4H,1H3,(H,5,6);;1H;;;;;;;;;/q;;;+2;;+2;2*+1;6*-1/t2*3-,4+,5+,6+;;;;;;;;;;;;/m00............/s1. The van der Waals surface area contributed by atoms with E-state index in [-0.39, 0.29) is 153 Å². The second-order valence-electron chi connectivity index (χ2n) is 5.73. The number of carboxylic acid groups (broad SMARTS) is 1. The molecule has 0 aromatic carbocycles. The number of aliphatic hydroxyl groups is 11. The summed E-state index contributed by atoms with van der Waals surface area (Å²) in [4.78, 5) is 29.2. The molecule has 0 aromatic rings. The molecule has 0 spiro atoms. The summed E-state index contributed by atoms with van der Waals surface area (Å²) >= 11 is 0. The molecule has 0 saturated carbocycles. The van der Waals surface area contributed by atoms with Gasteiger partial charge < -0.3 is 79.4 Å². The maximum absolute atomic E-state index is 9.90. The van der Waals surface area contributed by atoms with E-state index < -0.39 is 74.1 Å². The predicted octanol–water partition coefficient (Wildman–Crippen LogP) is -13.0. The number of aliphatic carboxylic acids is 1. The number of hydrogen-bond acceptors (Lipinski definition) is 14.